The van der Waals surface area contributed by atoms with Crippen molar-refractivity contribution in [1.82, 2.24) is 25.1 Å². The molecule has 8 heteroatoms. The molecule has 0 saturated heterocycles. The molecule has 0 atom stereocenters. The van der Waals surface area contributed by atoms with Crippen molar-refractivity contribution in [2.24, 2.45) is 5.73 Å². The van der Waals surface area contributed by atoms with Gasteiger partial charge < -0.3 is 15.6 Å². The molecule has 0 spiro atoms. The summed E-state index contributed by atoms with van der Waals surface area (Å²) in [4.78, 5) is 16.2. The van der Waals surface area contributed by atoms with Crippen LogP contribution in [0, 0.1) is 0 Å². The highest BCUT2D eigenvalue weighted by molar-refractivity contribution is 7.09. The van der Waals surface area contributed by atoms with Gasteiger partial charge >= 0.3 is 0 Å². The summed E-state index contributed by atoms with van der Waals surface area (Å²) in [5.74, 6) is 1.87. The minimum atomic E-state index is -0.161. The number of nitrogens with zero attached hydrogens (tertiary/aromatic N) is 4. The van der Waals surface area contributed by atoms with Gasteiger partial charge in [0.15, 0.2) is 0 Å². The molecule has 1 aliphatic heterocycles. The normalized spacial score (nSPS) is 14.4. The van der Waals surface area contributed by atoms with E-state index in [2.05, 4.69) is 25.1 Å². The molecule has 1 amide bonds. The lowest BCUT2D eigenvalue weighted by atomic mass is 10.2. The maximum Gasteiger partial charge on any atom is 0.270 e. The van der Waals surface area contributed by atoms with Crippen LogP contribution in [0.1, 0.15) is 46.4 Å². The summed E-state index contributed by atoms with van der Waals surface area (Å²) < 4.78 is 2.20. The predicted molar refractivity (Wildman–Crippen MR) is 83.6 cm³/mol. The fourth-order valence-corrected chi connectivity index (χ4v) is 3.27. The average Bonchev–Trinajstić information content (AvgIpc) is 3.09. The van der Waals surface area contributed by atoms with Gasteiger partial charge in [-0.2, -0.15) is 0 Å². The third kappa shape index (κ3) is 3.33. The van der Waals surface area contributed by atoms with Crippen molar-refractivity contribution < 1.29 is 4.79 Å². The second kappa shape index (κ2) is 6.97. The first kappa shape index (κ1) is 15.1. The lowest BCUT2D eigenvalue weighted by Gasteiger charge is -2.07. The van der Waals surface area contributed by atoms with E-state index in [0.29, 0.717) is 25.2 Å². The van der Waals surface area contributed by atoms with Crippen LogP contribution < -0.4 is 11.1 Å². The Bertz CT molecular complexity index is 650. The molecule has 0 fully saturated rings. The molecule has 3 N–H and O–H groups in total. The van der Waals surface area contributed by atoms with Crippen LogP contribution in [0.25, 0.3) is 0 Å². The first-order valence-corrected chi connectivity index (χ1v) is 8.49. The van der Waals surface area contributed by atoms with Crippen LogP contribution in [0.2, 0.25) is 0 Å². The largest absolute Gasteiger partial charge is 0.350 e. The van der Waals surface area contributed by atoms with Crippen LogP contribution in [0.4, 0.5) is 0 Å². The van der Waals surface area contributed by atoms with Gasteiger partial charge in [0.25, 0.3) is 5.91 Å². The number of aryl methyl sites for hydroxylation is 1. The summed E-state index contributed by atoms with van der Waals surface area (Å²) in [5.41, 5.74) is 5.94. The van der Waals surface area contributed by atoms with Crippen LogP contribution in [0.15, 0.2) is 5.38 Å². The highest BCUT2D eigenvalue weighted by Crippen LogP contribution is 2.14. The molecular formula is C14H20N6OS. The highest BCUT2D eigenvalue weighted by Gasteiger charge is 2.15. The summed E-state index contributed by atoms with van der Waals surface area (Å²) >= 11 is 1.41. The summed E-state index contributed by atoms with van der Waals surface area (Å²) in [6.07, 6.45) is 5.28. The maximum absolute atomic E-state index is 12.0. The molecule has 0 saturated carbocycles. The van der Waals surface area contributed by atoms with E-state index in [9.17, 15) is 4.79 Å². The summed E-state index contributed by atoms with van der Waals surface area (Å²) in [7, 11) is 0. The molecule has 3 heterocycles. The summed E-state index contributed by atoms with van der Waals surface area (Å²) in [5, 5.41) is 13.9. The van der Waals surface area contributed by atoms with Crippen LogP contribution in [-0.4, -0.2) is 32.2 Å². The number of rotatable bonds is 5. The second-order valence-electron chi connectivity index (χ2n) is 5.33. The molecule has 1 aliphatic rings. The fourth-order valence-electron chi connectivity index (χ4n) is 2.62. The number of carbonyl (C=O) groups is 1. The zero-order chi connectivity index (χ0) is 15.4. The molecule has 2 aromatic heterocycles. The Morgan fingerprint density at radius 1 is 1.36 bits per heavy atom. The van der Waals surface area contributed by atoms with E-state index in [1.807, 2.05) is 0 Å². The lowest BCUT2D eigenvalue weighted by Crippen LogP contribution is -2.27. The molecule has 0 unspecified atom stereocenters. The number of hydrogen-bond donors (Lipinski definition) is 2. The van der Waals surface area contributed by atoms with Crippen LogP contribution in [0.3, 0.4) is 0 Å². The van der Waals surface area contributed by atoms with E-state index in [1.54, 1.807) is 5.38 Å². The monoisotopic (exact) mass is 320 g/mol. The molecule has 7 nitrogen and oxygen atoms in total. The van der Waals surface area contributed by atoms with Crippen molar-refractivity contribution in [3.05, 3.63) is 27.7 Å². The van der Waals surface area contributed by atoms with E-state index in [-0.39, 0.29) is 5.91 Å². The second-order valence-corrected chi connectivity index (χ2v) is 6.27. The van der Waals surface area contributed by atoms with Gasteiger partial charge in [-0.25, -0.2) is 4.98 Å². The molecule has 3 rings (SSSR count). The highest BCUT2D eigenvalue weighted by atomic mass is 32.1. The van der Waals surface area contributed by atoms with Crippen molar-refractivity contribution >= 4 is 17.2 Å². The Morgan fingerprint density at radius 3 is 3.09 bits per heavy atom. The Morgan fingerprint density at radius 2 is 2.27 bits per heavy atom. The number of thiazole rings is 1. The molecule has 22 heavy (non-hydrogen) atoms. The molecule has 0 aliphatic carbocycles. The van der Waals surface area contributed by atoms with Gasteiger partial charge in [-0.1, -0.05) is 6.42 Å². The number of fused-ring (bicyclic) bond motifs is 1. The van der Waals surface area contributed by atoms with Crippen LogP contribution in [0.5, 0.6) is 0 Å². The topological polar surface area (TPSA) is 98.7 Å². The van der Waals surface area contributed by atoms with Gasteiger partial charge in [0.2, 0.25) is 0 Å². The Hall–Kier alpha value is -1.80. The van der Waals surface area contributed by atoms with E-state index in [4.69, 9.17) is 5.73 Å². The summed E-state index contributed by atoms with van der Waals surface area (Å²) in [6.45, 7) is 1.88. The van der Waals surface area contributed by atoms with E-state index >= 15 is 0 Å². The lowest BCUT2D eigenvalue weighted by molar-refractivity contribution is 0.0949. The van der Waals surface area contributed by atoms with Crippen molar-refractivity contribution in [2.45, 2.75) is 45.2 Å². The number of nitrogens with one attached hydrogen (secondary N) is 1. The predicted octanol–water partition coefficient (Wildman–Crippen LogP) is 0.892. The first-order valence-electron chi connectivity index (χ1n) is 7.61. The molecule has 0 radical (unpaired) electrons. The quantitative estimate of drug-likeness (QED) is 0.852. The number of carbonyl (C=O) groups excluding carboxylic acids is 1. The van der Waals surface area contributed by atoms with E-state index in [0.717, 1.165) is 29.6 Å². The molecule has 2 aromatic rings. The van der Waals surface area contributed by atoms with Gasteiger partial charge in [-0.3, -0.25) is 4.79 Å². The van der Waals surface area contributed by atoms with Crippen molar-refractivity contribution in [3.8, 4) is 0 Å². The number of hydrogen-bond acceptors (Lipinski definition) is 6. The average molecular weight is 320 g/mol. The van der Waals surface area contributed by atoms with Gasteiger partial charge in [-0.15, -0.1) is 21.5 Å². The zero-order valence-electron chi connectivity index (χ0n) is 12.4. The van der Waals surface area contributed by atoms with Crippen molar-refractivity contribution in [2.75, 3.05) is 6.54 Å². The number of aromatic nitrogens is 4. The molecular weight excluding hydrogens is 300 g/mol. The molecule has 0 aromatic carbocycles. The van der Waals surface area contributed by atoms with E-state index < -0.39 is 0 Å². The molecule has 118 valence electrons. The smallest absolute Gasteiger partial charge is 0.270 e. The SMILES string of the molecule is NCc1nc(C(=O)NCCc2nnc3n2CCCCC3)cs1. The van der Waals surface area contributed by atoms with E-state index in [1.165, 1.54) is 30.6 Å². The van der Waals surface area contributed by atoms with Crippen molar-refractivity contribution in [3.63, 3.8) is 0 Å². The van der Waals surface area contributed by atoms with Gasteiger partial charge in [-0.05, 0) is 12.8 Å². The fraction of sp³-hybridized carbons (Fsp3) is 0.571. The van der Waals surface area contributed by atoms with Gasteiger partial charge in [0.05, 0.1) is 0 Å². The van der Waals surface area contributed by atoms with Crippen LogP contribution in [-0.2, 0) is 25.9 Å². The Kier molecular flexibility index (Phi) is 4.79. The minimum Gasteiger partial charge on any atom is -0.350 e. The van der Waals surface area contributed by atoms with Gasteiger partial charge in [0.1, 0.15) is 22.4 Å². The third-order valence-electron chi connectivity index (χ3n) is 3.78. The Balaban J connectivity index is 1.55. The Labute approximate surface area is 133 Å². The first-order chi connectivity index (χ1) is 10.8. The zero-order valence-corrected chi connectivity index (χ0v) is 13.2. The number of amides is 1. The standard InChI is InChI=1S/C14H20N6OS/c15-8-13-17-10(9-22-13)14(21)16-6-5-12-19-18-11-4-2-1-3-7-20(11)12/h9H,1-8,15H2,(H,16,21). The summed E-state index contributed by atoms with van der Waals surface area (Å²) in [6, 6.07) is 0. The van der Waals surface area contributed by atoms with Crippen molar-refractivity contribution in [1.29, 1.82) is 0 Å². The molecule has 0 bridgehead atoms. The van der Waals surface area contributed by atoms with Gasteiger partial charge in [0, 0.05) is 37.9 Å². The maximum atomic E-state index is 12.0. The number of nitrogens with two attached hydrogens (primary N) is 1. The minimum absolute atomic E-state index is 0.161. The van der Waals surface area contributed by atoms with Crippen LogP contribution >= 0.6 is 11.3 Å². The third-order valence-corrected chi connectivity index (χ3v) is 4.65.